The Morgan fingerprint density at radius 2 is 1.74 bits per heavy atom. The van der Waals surface area contributed by atoms with Crippen molar-refractivity contribution >= 4 is 29.9 Å². The minimum atomic E-state index is -1.04. The van der Waals surface area contributed by atoms with Gasteiger partial charge in [0.1, 0.15) is 17.8 Å². The molecule has 1 saturated heterocycles. The van der Waals surface area contributed by atoms with E-state index in [0.717, 1.165) is 11.3 Å². The van der Waals surface area contributed by atoms with Crippen LogP contribution >= 0.6 is 0 Å². The molecule has 10 heteroatoms. The van der Waals surface area contributed by atoms with Gasteiger partial charge in [0.25, 0.3) is 0 Å². The van der Waals surface area contributed by atoms with Crippen molar-refractivity contribution in [3.8, 4) is 5.75 Å². The molecule has 204 valence electrons. The molecule has 0 saturated carbocycles. The Kier molecular flexibility index (Phi) is 11.1. The summed E-state index contributed by atoms with van der Waals surface area (Å²) in [5, 5.41) is 34.8. The highest BCUT2D eigenvalue weighted by atomic mass is 16.4. The number of likely N-dealkylation sites (tertiary alicyclic amines) is 1. The number of amides is 1. The molecule has 1 fully saturated rings. The largest absolute Gasteiger partial charge is 0.508 e. The zero-order chi connectivity index (χ0) is 27.3. The van der Waals surface area contributed by atoms with Crippen molar-refractivity contribution in [3.63, 3.8) is 0 Å². The average molecular weight is 525 g/mol. The number of aromatic hydroxyl groups is 1. The Morgan fingerprint density at radius 1 is 1.00 bits per heavy atom. The highest BCUT2D eigenvalue weighted by molar-refractivity contribution is 5.88. The number of carboxylic acid groups (broad SMARTS) is 2. The molecule has 0 bridgehead atoms. The summed E-state index contributed by atoms with van der Waals surface area (Å²) in [6, 6.07) is 13.5. The first-order valence-electron chi connectivity index (χ1n) is 12.9. The van der Waals surface area contributed by atoms with Gasteiger partial charge in [-0.1, -0.05) is 30.3 Å². The predicted octanol–water partition coefficient (Wildman–Crippen LogP) is 3.12. The van der Waals surface area contributed by atoms with Gasteiger partial charge in [0, 0.05) is 18.8 Å². The van der Waals surface area contributed by atoms with Crippen LogP contribution in [0.3, 0.4) is 0 Å². The number of aliphatic imine (C=N–C) groups is 1. The molecule has 1 aliphatic heterocycles. The fraction of sp³-hybridized carbons (Fsp3) is 0.429. The van der Waals surface area contributed by atoms with E-state index in [4.69, 9.17) is 0 Å². The first-order valence-corrected chi connectivity index (χ1v) is 12.9. The summed E-state index contributed by atoms with van der Waals surface area (Å²) in [6.07, 6.45) is 5.06. The quantitative estimate of drug-likeness (QED) is 0.103. The van der Waals surface area contributed by atoms with Crippen molar-refractivity contribution in [1.82, 2.24) is 10.2 Å². The molecule has 3 rings (SSSR count). The molecule has 2 aromatic carbocycles. The lowest BCUT2D eigenvalue weighted by Gasteiger charge is -2.29. The number of hydrogen-bond donors (Lipinski definition) is 5. The number of aryl methyl sites for hydroxylation is 1. The average Bonchev–Trinajstić information content (AvgIpc) is 3.41. The van der Waals surface area contributed by atoms with E-state index in [1.807, 2.05) is 30.3 Å². The summed E-state index contributed by atoms with van der Waals surface area (Å²) in [5.41, 5.74) is 1.79. The number of phenolic OH excluding ortho intramolecular Hbond substituents is 1. The van der Waals surface area contributed by atoms with Crippen molar-refractivity contribution in [1.29, 1.82) is 0 Å². The smallest absolute Gasteiger partial charge is 0.326 e. The van der Waals surface area contributed by atoms with Crippen LogP contribution in [-0.4, -0.2) is 75.6 Å². The minimum Gasteiger partial charge on any atom is -0.508 e. The predicted molar refractivity (Wildman–Crippen MR) is 144 cm³/mol. The summed E-state index contributed by atoms with van der Waals surface area (Å²) in [4.78, 5) is 42.8. The van der Waals surface area contributed by atoms with Crippen LogP contribution in [0.4, 0.5) is 5.69 Å². The zero-order valence-electron chi connectivity index (χ0n) is 21.3. The topological polar surface area (TPSA) is 152 Å². The zero-order valence-corrected chi connectivity index (χ0v) is 21.3. The Bertz CT molecular complexity index is 1080. The summed E-state index contributed by atoms with van der Waals surface area (Å²) in [6.45, 7) is 0.854. The van der Waals surface area contributed by atoms with Gasteiger partial charge in [0.15, 0.2) is 0 Å². The van der Waals surface area contributed by atoms with E-state index in [0.29, 0.717) is 58.0 Å². The van der Waals surface area contributed by atoms with Gasteiger partial charge < -0.3 is 25.5 Å². The number of unbranched alkanes of at least 4 members (excludes halogenated alkanes) is 1. The first kappa shape index (κ1) is 28.6. The van der Waals surface area contributed by atoms with Gasteiger partial charge in [-0.15, -0.1) is 0 Å². The van der Waals surface area contributed by atoms with Crippen molar-refractivity contribution in [2.24, 2.45) is 4.99 Å². The molecule has 38 heavy (non-hydrogen) atoms. The maximum atomic E-state index is 13.4. The van der Waals surface area contributed by atoms with Crippen LogP contribution in [0.15, 0.2) is 59.6 Å². The second-order valence-electron chi connectivity index (χ2n) is 9.38. The van der Waals surface area contributed by atoms with Crippen LogP contribution in [0.25, 0.3) is 0 Å². The molecule has 0 spiro atoms. The van der Waals surface area contributed by atoms with Gasteiger partial charge in [0.05, 0.1) is 12.4 Å². The molecular weight excluding hydrogens is 488 g/mol. The number of benzene rings is 2. The third-order valence-corrected chi connectivity index (χ3v) is 6.60. The Balaban J connectivity index is 1.57. The number of rotatable bonds is 15. The lowest BCUT2D eigenvalue weighted by Crippen LogP contribution is -2.54. The maximum absolute atomic E-state index is 13.4. The molecule has 1 heterocycles. The van der Waals surface area contributed by atoms with Crippen LogP contribution in [0.2, 0.25) is 0 Å². The number of aliphatic carboxylic acids is 2. The third kappa shape index (κ3) is 8.88. The molecule has 1 aliphatic rings. The van der Waals surface area contributed by atoms with Crippen molar-refractivity contribution in [2.45, 2.75) is 63.1 Å². The second-order valence-corrected chi connectivity index (χ2v) is 9.38. The van der Waals surface area contributed by atoms with E-state index in [-0.39, 0.29) is 11.7 Å². The van der Waals surface area contributed by atoms with Crippen molar-refractivity contribution in [2.75, 3.05) is 18.4 Å². The number of carbonyl (C=O) groups is 3. The van der Waals surface area contributed by atoms with Crippen LogP contribution in [0, 0.1) is 0 Å². The van der Waals surface area contributed by atoms with E-state index in [9.17, 15) is 29.7 Å². The van der Waals surface area contributed by atoms with Gasteiger partial charge >= 0.3 is 11.9 Å². The number of carbonyl (C=O) groups excluding carboxylic acids is 1. The maximum Gasteiger partial charge on any atom is 0.326 e. The number of anilines is 1. The fourth-order valence-electron chi connectivity index (χ4n) is 4.54. The monoisotopic (exact) mass is 524 g/mol. The normalized spacial score (nSPS) is 16.8. The lowest BCUT2D eigenvalue weighted by molar-refractivity contribution is -0.149. The second kappa shape index (κ2) is 14.7. The summed E-state index contributed by atoms with van der Waals surface area (Å²) in [7, 11) is 0. The van der Waals surface area contributed by atoms with Gasteiger partial charge in [-0.3, -0.25) is 19.9 Å². The van der Waals surface area contributed by atoms with Gasteiger partial charge in [-0.2, -0.15) is 0 Å². The highest BCUT2D eigenvalue weighted by Gasteiger charge is 2.38. The molecule has 1 amide bonds. The van der Waals surface area contributed by atoms with Crippen LogP contribution in [0.5, 0.6) is 5.75 Å². The number of nitrogens with one attached hydrogen (secondary N) is 2. The third-order valence-electron chi connectivity index (χ3n) is 6.60. The van der Waals surface area contributed by atoms with E-state index in [1.54, 1.807) is 30.6 Å². The summed E-state index contributed by atoms with van der Waals surface area (Å²) < 4.78 is 0. The Morgan fingerprint density at radius 3 is 2.42 bits per heavy atom. The summed E-state index contributed by atoms with van der Waals surface area (Å²) in [5.74, 6) is -2.26. The molecule has 0 unspecified atom stereocenters. The van der Waals surface area contributed by atoms with E-state index in [2.05, 4.69) is 15.6 Å². The molecule has 5 N–H and O–H groups in total. The molecule has 0 aromatic heterocycles. The molecule has 10 nitrogen and oxygen atoms in total. The lowest BCUT2D eigenvalue weighted by atomic mass is 10.0. The Hall–Kier alpha value is -3.92. The molecule has 0 radical (unpaired) electrons. The number of nitrogens with zero attached hydrogens (tertiary/aromatic N) is 2. The van der Waals surface area contributed by atoms with Crippen LogP contribution in [0.1, 0.15) is 44.1 Å². The van der Waals surface area contributed by atoms with E-state index in [1.165, 1.54) is 4.90 Å². The van der Waals surface area contributed by atoms with E-state index >= 15 is 0 Å². The SMILES string of the molecule is O=C(O)[C@H](CCc1ccccc1)N[C@@H](CCCCN=CNc1ccc(O)cc1)C(=O)N1CCC[C@H]1C(=O)O. The highest BCUT2D eigenvalue weighted by Crippen LogP contribution is 2.20. The minimum absolute atomic E-state index is 0.180. The number of carboxylic acids is 2. The Labute approximate surface area is 222 Å². The first-order chi connectivity index (χ1) is 18.3. The molecule has 0 aliphatic carbocycles. The molecule has 2 aromatic rings. The standard InChI is InChI=1S/C28H36N4O6/c33-22-14-12-21(13-15-22)30-19-29-17-5-4-9-23(26(34)32-18-6-10-25(32)28(37)38)31-24(27(35)36)16-11-20-7-2-1-3-8-20/h1-3,7-8,12-15,19,23-25,31,33H,4-6,9-11,16-18H2,(H,29,30)(H,35,36)(H,37,38)/t23-,24-,25-/m0/s1. The van der Waals surface area contributed by atoms with Crippen LogP contribution < -0.4 is 10.6 Å². The van der Waals surface area contributed by atoms with Crippen molar-refractivity contribution < 1.29 is 29.7 Å². The van der Waals surface area contributed by atoms with Crippen LogP contribution in [-0.2, 0) is 20.8 Å². The number of phenols is 1. The van der Waals surface area contributed by atoms with E-state index < -0.39 is 30.1 Å². The van der Waals surface area contributed by atoms with Gasteiger partial charge in [-0.05, 0) is 74.8 Å². The summed E-state index contributed by atoms with van der Waals surface area (Å²) >= 11 is 0. The molecular formula is C28H36N4O6. The number of hydrogen-bond acceptors (Lipinski definition) is 6. The fourth-order valence-corrected chi connectivity index (χ4v) is 4.54. The molecule has 3 atom stereocenters. The van der Waals surface area contributed by atoms with Crippen molar-refractivity contribution in [3.05, 3.63) is 60.2 Å². The van der Waals surface area contributed by atoms with Gasteiger partial charge in [0.2, 0.25) is 5.91 Å². The van der Waals surface area contributed by atoms with Gasteiger partial charge in [-0.25, -0.2) is 4.79 Å².